The summed E-state index contributed by atoms with van der Waals surface area (Å²) in [6, 6.07) is 24.4. The topological polar surface area (TPSA) is 59.8 Å². The van der Waals surface area contributed by atoms with Crippen LogP contribution in [0.5, 0.6) is 0 Å². The average molecular weight is 469 g/mol. The van der Waals surface area contributed by atoms with Gasteiger partial charge in [-0.1, -0.05) is 83.5 Å². The largest absolute Gasteiger partial charge is 0.345 e. The van der Waals surface area contributed by atoms with Gasteiger partial charge >= 0.3 is 0 Å². The summed E-state index contributed by atoms with van der Waals surface area (Å²) < 4.78 is 1.86. The summed E-state index contributed by atoms with van der Waals surface area (Å²) in [7, 11) is 0. The number of thioether (sulfide) groups is 1. The molecule has 5 nitrogen and oxygen atoms in total. The van der Waals surface area contributed by atoms with Crippen molar-refractivity contribution in [2.45, 2.75) is 17.5 Å². The van der Waals surface area contributed by atoms with Crippen LogP contribution in [0.4, 0.5) is 0 Å². The van der Waals surface area contributed by atoms with Crippen molar-refractivity contribution in [3.8, 4) is 5.69 Å². The molecule has 0 radical (unpaired) electrons. The molecule has 156 valence electrons. The van der Waals surface area contributed by atoms with Gasteiger partial charge in [0.05, 0.1) is 17.3 Å². The Balaban J connectivity index is 1.61. The molecule has 0 saturated heterocycles. The van der Waals surface area contributed by atoms with E-state index in [1.54, 1.807) is 36.0 Å². The van der Waals surface area contributed by atoms with Gasteiger partial charge in [-0.25, -0.2) is 0 Å². The first kappa shape index (κ1) is 21.4. The van der Waals surface area contributed by atoms with Crippen LogP contribution in [-0.4, -0.2) is 20.7 Å². The third-order valence-electron chi connectivity index (χ3n) is 4.50. The van der Waals surface area contributed by atoms with Crippen molar-refractivity contribution in [1.29, 1.82) is 0 Å². The van der Waals surface area contributed by atoms with Crippen LogP contribution in [0, 0.1) is 0 Å². The Labute approximate surface area is 194 Å². The van der Waals surface area contributed by atoms with E-state index in [0.717, 1.165) is 5.75 Å². The first-order chi connectivity index (χ1) is 15.1. The Morgan fingerprint density at radius 1 is 0.935 bits per heavy atom. The Kier molecular flexibility index (Phi) is 6.92. The minimum absolute atomic E-state index is 0.184. The van der Waals surface area contributed by atoms with Gasteiger partial charge in [0.15, 0.2) is 11.0 Å². The number of carbonyl (C=O) groups excluding carboxylic acids is 1. The molecule has 0 bridgehead atoms. The van der Waals surface area contributed by atoms with Crippen LogP contribution in [0.15, 0.2) is 84.0 Å². The van der Waals surface area contributed by atoms with Gasteiger partial charge < -0.3 is 5.32 Å². The maximum atomic E-state index is 12.5. The standard InChI is InChI=1S/C23H18Cl2N4OS/c24-18-11-12-20(19(25)13-18)29-21(14-26-22(30)17-9-5-2-6-10-17)27-28-23(29)31-15-16-7-3-1-4-8-16/h1-13H,14-15H2,(H,26,30). The number of rotatable bonds is 7. The lowest BCUT2D eigenvalue weighted by atomic mass is 10.2. The molecule has 4 aromatic rings. The molecule has 0 atom stereocenters. The van der Waals surface area contributed by atoms with E-state index < -0.39 is 0 Å². The van der Waals surface area contributed by atoms with Crippen LogP contribution in [0.3, 0.4) is 0 Å². The first-order valence-corrected chi connectivity index (χ1v) is 11.3. The fourth-order valence-electron chi connectivity index (χ4n) is 2.99. The second-order valence-corrected chi connectivity index (χ2v) is 8.44. The van der Waals surface area contributed by atoms with Gasteiger partial charge in [-0.15, -0.1) is 10.2 Å². The van der Waals surface area contributed by atoms with Crippen molar-refractivity contribution in [3.63, 3.8) is 0 Å². The van der Waals surface area contributed by atoms with Crippen LogP contribution in [0.2, 0.25) is 10.0 Å². The SMILES string of the molecule is O=C(NCc1nnc(SCc2ccccc2)n1-c1ccc(Cl)cc1Cl)c1ccccc1. The Hall–Kier alpha value is -2.80. The number of halogens is 2. The molecule has 1 aromatic heterocycles. The lowest BCUT2D eigenvalue weighted by Gasteiger charge is -2.13. The molecule has 3 aromatic carbocycles. The molecule has 0 aliphatic rings. The number of nitrogens with one attached hydrogen (secondary N) is 1. The highest BCUT2D eigenvalue weighted by atomic mass is 35.5. The maximum Gasteiger partial charge on any atom is 0.251 e. The second kappa shape index (κ2) is 10.0. The van der Waals surface area contributed by atoms with Gasteiger partial charge in [-0.3, -0.25) is 9.36 Å². The minimum atomic E-state index is -0.184. The number of nitrogens with zero attached hydrogens (tertiary/aromatic N) is 3. The van der Waals surface area contributed by atoms with E-state index >= 15 is 0 Å². The molecule has 0 unspecified atom stereocenters. The highest BCUT2D eigenvalue weighted by Crippen LogP contribution is 2.30. The van der Waals surface area contributed by atoms with Crippen molar-refractivity contribution in [2.24, 2.45) is 0 Å². The predicted octanol–water partition coefficient (Wildman–Crippen LogP) is 5.80. The number of hydrogen-bond donors (Lipinski definition) is 1. The Morgan fingerprint density at radius 3 is 2.35 bits per heavy atom. The lowest BCUT2D eigenvalue weighted by Crippen LogP contribution is -2.24. The molecule has 1 N–H and O–H groups in total. The summed E-state index contributed by atoms with van der Waals surface area (Å²) in [5.41, 5.74) is 2.45. The first-order valence-electron chi connectivity index (χ1n) is 9.51. The third-order valence-corrected chi connectivity index (χ3v) is 6.04. The monoisotopic (exact) mass is 468 g/mol. The fraction of sp³-hybridized carbons (Fsp3) is 0.0870. The molecule has 0 aliphatic carbocycles. The molecule has 1 amide bonds. The zero-order chi connectivity index (χ0) is 21.6. The van der Waals surface area contributed by atoms with Gasteiger partial charge in [-0.2, -0.15) is 0 Å². The summed E-state index contributed by atoms with van der Waals surface area (Å²) in [4.78, 5) is 12.5. The summed E-state index contributed by atoms with van der Waals surface area (Å²) >= 11 is 14.1. The van der Waals surface area contributed by atoms with Gasteiger partial charge in [0, 0.05) is 16.3 Å². The van der Waals surface area contributed by atoms with Crippen molar-refractivity contribution in [1.82, 2.24) is 20.1 Å². The predicted molar refractivity (Wildman–Crippen MR) is 125 cm³/mol. The second-order valence-electron chi connectivity index (χ2n) is 6.65. The fourth-order valence-corrected chi connectivity index (χ4v) is 4.40. The molecule has 0 spiro atoms. The van der Waals surface area contributed by atoms with E-state index in [9.17, 15) is 4.79 Å². The van der Waals surface area contributed by atoms with Gasteiger partial charge in [-0.05, 0) is 35.9 Å². The third kappa shape index (κ3) is 5.28. The molecule has 8 heteroatoms. The minimum Gasteiger partial charge on any atom is -0.345 e. The van der Waals surface area contributed by atoms with Crippen molar-refractivity contribution in [3.05, 3.63) is 106 Å². The number of amides is 1. The Morgan fingerprint density at radius 2 is 1.65 bits per heavy atom. The Bertz CT molecular complexity index is 1180. The molecule has 4 rings (SSSR count). The van der Waals surface area contributed by atoms with E-state index in [-0.39, 0.29) is 12.5 Å². The van der Waals surface area contributed by atoms with Crippen LogP contribution < -0.4 is 5.32 Å². The van der Waals surface area contributed by atoms with Crippen molar-refractivity contribution >= 4 is 40.9 Å². The summed E-state index contributed by atoms with van der Waals surface area (Å²) in [5.74, 6) is 1.11. The molecule has 0 fully saturated rings. The smallest absolute Gasteiger partial charge is 0.251 e. The van der Waals surface area contributed by atoms with E-state index in [4.69, 9.17) is 23.2 Å². The summed E-state index contributed by atoms with van der Waals surface area (Å²) in [6.07, 6.45) is 0. The van der Waals surface area contributed by atoms with Crippen LogP contribution in [0.25, 0.3) is 5.69 Å². The van der Waals surface area contributed by atoms with E-state index in [1.165, 1.54) is 5.56 Å². The highest BCUT2D eigenvalue weighted by Gasteiger charge is 2.18. The average Bonchev–Trinajstić information content (AvgIpc) is 3.20. The maximum absolute atomic E-state index is 12.5. The summed E-state index contributed by atoms with van der Waals surface area (Å²) in [6.45, 7) is 0.200. The lowest BCUT2D eigenvalue weighted by molar-refractivity contribution is 0.0949. The van der Waals surface area contributed by atoms with Gasteiger partial charge in [0.2, 0.25) is 0 Å². The van der Waals surface area contributed by atoms with Crippen molar-refractivity contribution < 1.29 is 4.79 Å². The van der Waals surface area contributed by atoms with E-state index in [1.807, 2.05) is 47.0 Å². The molecule has 0 aliphatic heterocycles. The van der Waals surface area contributed by atoms with Crippen LogP contribution in [0.1, 0.15) is 21.7 Å². The highest BCUT2D eigenvalue weighted by molar-refractivity contribution is 7.98. The molecular weight excluding hydrogens is 451 g/mol. The number of benzene rings is 3. The number of carbonyl (C=O) groups is 1. The summed E-state index contributed by atoms with van der Waals surface area (Å²) in [5, 5.41) is 13.3. The van der Waals surface area contributed by atoms with Gasteiger partial charge in [0.25, 0.3) is 5.91 Å². The van der Waals surface area contributed by atoms with Crippen LogP contribution >= 0.6 is 35.0 Å². The molecule has 31 heavy (non-hydrogen) atoms. The van der Waals surface area contributed by atoms with Crippen molar-refractivity contribution in [2.75, 3.05) is 0 Å². The zero-order valence-electron chi connectivity index (χ0n) is 16.3. The van der Waals surface area contributed by atoms with Gasteiger partial charge in [0.1, 0.15) is 0 Å². The zero-order valence-corrected chi connectivity index (χ0v) is 18.7. The molecule has 0 saturated carbocycles. The molecule has 1 heterocycles. The van der Waals surface area contributed by atoms with E-state index in [0.29, 0.717) is 32.3 Å². The number of aromatic nitrogens is 3. The quantitative estimate of drug-likeness (QED) is 0.348. The normalized spacial score (nSPS) is 10.8. The van der Waals surface area contributed by atoms with E-state index in [2.05, 4.69) is 27.6 Å². The van der Waals surface area contributed by atoms with Crippen LogP contribution in [-0.2, 0) is 12.3 Å². The number of hydrogen-bond acceptors (Lipinski definition) is 4. The molecular formula is C23H18Cl2N4OS.